The number of ether oxygens (including phenoxy) is 2. The van der Waals surface area contributed by atoms with E-state index in [0.717, 1.165) is 5.56 Å². The number of carboxylic acid groups (broad SMARTS) is 1. The molecule has 1 aliphatic rings. The van der Waals surface area contributed by atoms with E-state index in [1.54, 1.807) is 42.5 Å². The molecule has 1 aromatic heterocycles. The van der Waals surface area contributed by atoms with E-state index < -0.39 is 5.97 Å². The smallest absolute Gasteiger partial charge is 0.309 e. The van der Waals surface area contributed by atoms with Gasteiger partial charge in [0.25, 0.3) is 0 Å². The van der Waals surface area contributed by atoms with E-state index in [-0.39, 0.29) is 17.5 Å². The third kappa shape index (κ3) is 3.88. The van der Waals surface area contributed by atoms with E-state index in [0.29, 0.717) is 47.1 Å². The lowest BCUT2D eigenvalue weighted by atomic mass is 10.1. The van der Waals surface area contributed by atoms with Crippen molar-refractivity contribution in [3.05, 3.63) is 63.8 Å². The molecule has 1 N–H and O–H groups in total. The van der Waals surface area contributed by atoms with Gasteiger partial charge in [-0.15, -0.1) is 0 Å². The topological polar surface area (TPSA) is 86.0 Å². The van der Waals surface area contributed by atoms with Crippen LogP contribution in [0.1, 0.15) is 6.42 Å². The molecule has 1 fully saturated rings. The van der Waals surface area contributed by atoms with E-state index in [1.165, 1.54) is 6.07 Å². The lowest BCUT2D eigenvalue weighted by Crippen LogP contribution is -2.11. The van der Waals surface area contributed by atoms with Gasteiger partial charge < -0.3 is 19.0 Å². The quantitative estimate of drug-likeness (QED) is 0.604. The Bertz CT molecular complexity index is 1070. The Morgan fingerprint density at radius 2 is 1.96 bits per heavy atom. The predicted molar refractivity (Wildman–Crippen MR) is 104 cm³/mol. The van der Waals surface area contributed by atoms with Gasteiger partial charge in [-0.05, 0) is 42.8 Å². The van der Waals surface area contributed by atoms with Crippen molar-refractivity contribution in [2.45, 2.75) is 12.5 Å². The summed E-state index contributed by atoms with van der Waals surface area (Å²) in [5.41, 5.74) is 0.935. The Labute approximate surface area is 165 Å². The van der Waals surface area contributed by atoms with E-state index in [2.05, 4.69) is 0 Å². The summed E-state index contributed by atoms with van der Waals surface area (Å²) < 4.78 is 16.9. The monoisotopic (exact) mass is 400 g/mol. The van der Waals surface area contributed by atoms with Crippen LogP contribution < -0.4 is 10.2 Å². The zero-order valence-corrected chi connectivity index (χ0v) is 15.5. The highest BCUT2D eigenvalue weighted by atomic mass is 35.5. The summed E-state index contributed by atoms with van der Waals surface area (Å²) in [6.07, 6.45) is 0.358. The fraction of sp³-hybridized carbons (Fsp3) is 0.238. The van der Waals surface area contributed by atoms with Crippen LogP contribution in [-0.2, 0) is 9.53 Å². The highest BCUT2D eigenvalue weighted by Crippen LogP contribution is 2.33. The Morgan fingerprint density at radius 1 is 1.18 bits per heavy atom. The van der Waals surface area contributed by atoms with Crippen LogP contribution in [-0.4, -0.2) is 30.4 Å². The molecule has 1 aliphatic carbocycles. The minimum atomic E-state index is -0.817. The molecule has 2 aromatic carbocycles. The average Bonchev–Trinajstić information content (AvgIpc) is 3.46. The van der Waals surface area contributed by atoms with Gasteiger partial charge in [0.2, 0.25) is 0 Å². The molecule has 6 nitrogen and oxygen atoms in total. The van der Waals surface area contributed by atoms with Crippen LogP contribution in [0.3, 0.4) is 0 Å². The third-order valence-corrected chi connectivity index (χ3v) is 4.88. The van der Waals surface area contributed by atoms with Gasteiger partial charge in [-0.3, -0.25) is 9.59 Å². The molecule has 144 valence electrons. The maximum atomic E-state index is 12.3. The molecule has 0 unspecified atom stereocenters. The maximum Gasteiger partial charge on any atom is 0.309 e. The van der Waals surface area contributed by atoms with Gasteiger partial charge in [-0.1, -0.05) is 17.7 Å². The van der Waals surface area contributed by atoms with E-state index in [4.69, 9.17) is 30.6 Å². The average molecular weight is 401 g/mol. The van der Waals surface area contributed by atoms with E-state index in [1.807, 2.05) is 0 Å². The fourth-order valence-corrected chi connectivity index (χ4v) is 3.19. The minimum Gasteiger partial charge on any atom is -0.491 e. The molecule has 0 amide bonds. The Morgan fingerprint density at radius 3 is 2.68 bits per heavy atom. The number of carbonyl (C=O) groups is 1. The van der Waals surface area contributed by atoms with Crippen LogP contribution >= 0.6 is 11.6 Å². The molecule has 1 saturated carbocycles. The molecule has 0 radical (unpaired) electrons. The van der Waals surface area contributed by atoms with E-state index in [9.17, 15) is 9.59 Å². The van der Waals surface area contributed by atoms with Crippen molar-refractivity contribution in [3.63, 3.8) is 0 Å². The highest BCUT2D eigenvalue weighted by Gasteiger charge is 2.44. The number of fused-ring (bicyclic) bond motifs is 1. The van der Waals surface area contributed by atoms with Crippen LogP contribution in [0.2, 0.25) is 5.02 Å². The maximum absolute atomic E-state index is 12.3. The first-order chi connectivity index (χ1) is 13.5. The summed E-state index contributed by atoms with van der Waals surface area (Å²) >= 11 is 6.14. The number of carboxylic acids is 1. The summed E-state index contributed by atoms with van der Waals surface area (Å²) in [7, 11) is 0. The Hall–Kier alpha value is -2.83. The summed E-state index contributed by atoms with van der Waals surface area (Å²) in [6.45, 7) is 0.650. The molecule has 7 heteroatoms. The van der Waals surface area contributed by atoms with Crippen molar-refractivity contribution < 1.29 is 23.8 Å². The van der Waals surface area contributed by atoms with E-state index >= 15 is 0 Å². The first-order valence-corrected chi connectivity index (χ1v) is 9.21. The Kier molecular flexibility index (Phi) is 5.07. The Balaban J connectivity index is 1.39. The van der Waals surface area contributed by atoms with Crippen molar-refractivity contribution in [3.8, 4) is 17.1 Å². The fourth-order valence-electron chi connectivity index (χ4n) is 2.98. The highest BCUT2D eigenvalue weighted by molar-refractivity contribution is 6.34. The van der Waals surface area contributed by atoms with Gasteiger partial charge in [0, 0.05) is 11.6 Å². The molecular weight excluding hydrogens is 384 g/mol. The second-order valence-electron chi connectivity index (χ2n) is 6.55. The van der Waals surface area contributed by atoms with Crippen LogP contribution in [0.5, 0.6) is 5.75 Å². The zero-order chi connectivity index (χ0) is 19.7. The number of hydrogen-bond acceptors (Lipinski definition) is 5. The molecule has 0 bridgehead atoms. The molecule has 0 spiro atoms. The van der Waals surface area contributed by atoms with Crippen LogP contribution in [0.25, 0.3) is 22.3 Å². The van der Waals surface area contributed by atoms with Crippen molar-refractivity contribution in [1.29, 1.82) is 0 Å². The zero-order valence-electron chi connectivity index (χ0n) is 14.8. The SMILES string of the molecule is O=C(O)[C@@H]1C[C@@H]1OCCOc1ccc(-c2cc(=O)c3cccc(Cl)c3o2)cc1. The molecule has 0 aliphatic heterocycles. The molecular formula is C21H17ClO6. The lowest BCUT2D eigenvalue weighted by molar-refractivity contribution is -0.139. The summed E-state index contributed by atoms with van der Waals surface area (Å²) in [5.74, 6) is -0.138. The second kappa shape index (κ2) is 7.66. The van der Waals surface area contributed by atoms with Crippen LogP contribution in [0.4, 0.5) is 0 Å². The largest absolute Gasteiger partial charge is 0.491 e. The minimum absolute atomic E-state index is 0.157. The summed E-state index contributed by atoms with van der Waals surface area (Å²) in [6, 6.07) is 13.6. The van der Waals surface area contributed by atoms with Gasteiger partial charge in [-0.2, -0.15) is 0 Å². The van der Waals surface area contributed by atoms with Gasteiger partial charge in [0.05, 0.1) is 29.0 Å². The first kappa shape index (κ1) is 18.5. The lowest BCUT2D eigenvalue weighted by Gasteiger charge is -2.08. The third-order valence-electron chi connectivity index (χ3n) is 4.58. The number of para-hydroxylation sites is 1. The number of halogens is 1. The normalized spacial score (nSPS) is 18.2. The molecule has 4 rings (SSSR count). The van der Waals surface area contributed by atoms with Crippen molar-refractivity contribution >= 4 is 28.5 Å². The van der Waals surface area contributed by atoms with Gasteiger partial charge in [-0.25, -0.2) is 0 Å². The second-order valence-corrected chi connectivity index (χ2v) is 6.96. The van der Waals surface area contributed by atoms with Gasteiger partial charge in [0.15, 0.2) is 11.0 Å². The standard InChI is InChI=1S/C21H17ClO6/c22-16-3-1-2-14-17(23)11-18(28-20(14)16)12-4-6-13(7-5-12)26-8-9-27-19-10-15(19)21(24)25/h1-7,11,15,19H,8-10H2,(H,24,25)/t15-,19+/m1/s1. The van der Waals surface area contributed by atoms with Crippen molar-refractivity contribution in [2.24, 2.45) is 5.92 Å². The number of benzene rings is 2. The molecule has 0 saturated heterocycles. The molecule has 28 heavy (non-hydrogen) atoms. The number of hydrogen-bond donors (Lipinski definition) is 1. The van der Waals surface area contributed by atoms with Crippen molar-refractivity contribution in [1.82, 2.24) is 0 Å². The van der Waals surface area contributed by atoms with Gasteiger partial charge >= 0.3 is 5.97 Å². The van der Waals surface area contributed by atoms with Crippen molar-refractivity contribution in [2.75, 3.05) is 13.2 Å². The van der Waals surface area contributed by atoms with Gasteiger partial charge in [0.1, 0.15) is 18.1 Å². The van der Waals surface area contributed by atoms with Crippen LogP contribution in [0, 0.1) is 5.92 Å². The number of rotatable bonds is 7. The summed E-state index contributed by atoms with van der Waals surface area (Å²) in [5, 5.41) is 9.65. The molecule has 3 aromatic rings. The predicted octanol–water partition coefficient (Wildman–Crippen LogP) is 3.98. The molecule has 1 heterocycles. The summed E-state index contributed by atoms with van der Waals surface area (Å²) in [4.78, 5) is 23.0. The molecule has 2 atom stereocenters. The number of aliphatic carboxylic acids is 1. The van der Waals surface area contributed by atoms with Crippen LogP contribution in [0.15, 0.2) is 57.7 Å². The first-order valence-electron chi connectivity index (χ1n) is 8.83.